The lowest BCUT2D eigenvalue weighted by atomic mass is 10.00. The van der Waals surface area contributed by atoms with Gasteiger partial charge in [-0.1, -0.05) is 23.4 Å². The number of nitrogens with zero attached hydrogens (tertiary/aromatic N) is 4. The first kappa shape index (κ1) is 20.5. The van der Waals surface area contributed by atoms with Crippen molar-refractivity contribution in [3.8, 4) is 0 Å². The molecular weight excluding hydrogens is 413 g/mol. The summed E-state index contributed by atoms with van der Waals surface area (Å²) in [5.74, 6) is -0.232. The molecule has 0 aliphatic carbocycles. The molecule has 30 heavy (non-hydrogen) atoms. The molecular formula is C21H19F3N4OS. The number of hydrogen-bond acceptors (Lipinski definition) is 4. The van der Waals surface area contributed by atoms with Gasteiger partial charge in [0, 0.05) is 18.0 Å². The van der Waals surface area contributed by atoms with Crippen molar-refractivity contribution in [3.63, 3.8) is 0 Å². The standard InChI is InChI=1S/C21H19F3N4OS/c1-30-18-6-5-16-12-27(8-7-15(16)10-18)20(29)19-13-28(26-25-19)11-14-3-2-4-17(9-14)21(22,23)24/h2-6,9-10,13H,7-8,11-12H2,1H3. The molecule has 156 valence electrons. The SMILES string of the molecule is CSc1ccc2c(c1)CCN(C(=O)c1cn(Cc3cccc(C(F)(F)F)c3)nn1)C2. The Morgan fingerprint density at radius 2 is 2.00 bits per heavy atom. The molecule has 5 nitrogen and oxygen atoms in total. The molecule has 4 rings (SSSR count). The molecule has 2 aromatic carbocycles. The number of thioether (sulfide) groups is 1. The van der Waals surface area contributed by atoms with Crippen molar-refractivity contribution in [2.24, 2.45) is 0 Å². The maximum absolute atomic E-state index is 12.9. The van der Waals surface area contributed by atoms with Crippen molar-refractivity contribution in [1.82, 2.24) is 19.9 Å². The quantitative estimate of drug-likeness (QED) is 0.578. The van der Waals surface area contributed by atoms with Gasteiger partial charge in [0.15, 0.2) is 5.69 Å². The van der Waals surface area contributed by atoms with Gasteiger partial charge >= 0.3 is 6.18 Å². The highest BCUT2D eigenvalue weighted by molar-refractivity contribution is 7.98. The fourth-order valence-corrected chi connectivity index (χ4v) is 3.96. The topological polar surface area (TPSA) is 51.0 Å². The molecule has 0 radical (unpaired) electrons. The third-order valence-electron chi connectivity index (χ3n) is 5.07. The minimum atomic E-state index is -4.40. The third-order valence-corrected chi connectivity index (χ3v) is 5.79. The van der Waals surface area contributed by atoms with Crippen molar-refractivity contribution >= 4 is 17.7 Å². The lowest BCUT2D eigenvalue weighted by molar-refractivity contribution is -0.137. The van der Waals surface area contributed by atoms with E-state index in [4.69, 9.17) is 0 Å². The fraction of sp³-hybridized carbons (Fsp3) is 0.286. The number of benzene rings is 2. The average molecular weight is 432 g/mol. The summed E-state index contributed by atoms with van der Waals surface area (Å²) in [6.45, 7) is 1.19. The van der Waals surface area contributed by atoms with Crippen LogP contribution in [0.5, 0.6) is 0 Å². The van der Waals surface area contributed by atoms with E-state index in [0.29, 0.717) is 18.7 Å². The maximum atomic E-state index is 12.9. The zero-order valence-corrected chi connectivity index (χ0v) is 17.0. The average Bonchev–Trinajstić information content (AvgIpc) is 3.20. The Labute approximate surface area is 175 Å². The second-order valence-electron chi connectivity index (χ2n) is 7.11. The Balaban J connectivity index is 1.46. The van der Waals surface area contributed by atoms with Gasteiger partial charge < -0.3 is 4.90 Å². The molecule has 0 bridgehead atoms. The largest absolute Gasteiger partial charge is 0.416 e. The van der Waals surface area contributed by atoms with Crippen LogP contribution >= 0.6 is 11.8 Å². The molecule has 0 saturated carbocycles. The van der Waals surface area contributed by atoms with Gasteiger partial charge in [0.05, 0.1) is 18.3 Å². The molecule has 0 atom stereocenters. The molecule has 1 amide bonds. The van der Waals surface area contributed by atoms with Crippen LogP contribution in [0.2, 0.25) is 0 Å². The number of carbonyl (C=O) groups excluding carboxylic acids is 1. The van der Waals surface area contributed by atoms with E-state index >= 15 is 0 Å². The zero-order chi connectivity index (χ0) is 21.3. The number of hydrogen-bond donors (Lipinski definition) is 0. The second kappa shape index (κ2) is 8.14. The van der Waals surface area contributed by atoms with Gasteiger partial charge in [0.1, 0.15) is 0 Å². The smallest absolute Gasteiger partial charge is 0.333 e. The summed E-state index contributed by atoms with van der Waals surface area (Å²) < 4.78 is 40.0. The van der Waals surface area contributed by atoms with E-state index < -0.39 is 11.7 Å². The van der Waals surface area contributed by atoms with Gasteiger partial charge in [-0.25, -0.2) is 4.68 Å². The molecule has 0 fully saturated rings. The molecule has 0 N–H and O–H groups in total. The van der Waals surface area contributed by atoms with Gasteiger partial charge in [0.2, 0.25) is 0 Å². The number of carbonyl (C=O) groups is 1. The first-order chi connectivity index (χ1) is 14.3. The fourth-order valence-electron chi connectivity index (χ4n) is 3.50. The summed E-state index contributed by atoms with van der Waals surface area (Å²) in [4.78, 5) is 15.8. The molecule has 2 heterocycles. The van der Waals surface area contributed by atoms with E-state index in [1.165, 1.54) is 27.4 Å². The van der Waals surface area contributed by atoms with E-state index in [1.807, 2.05) is 18.4 Å². The Morgan fingerprint density at radius 1 is 1.17 bits per heavy atom. The lowest BCUT2D eigenvalue weighted by Gasteiger charge is -2.28. The van der Waals surface area contributed by atoms with Crippen LogP contribution in [0, 0.1) is 0 Å². The van der Waals surface area contributed by atoms with E-state index in [0.717, 1.165) is 24.1 Å². The highest BCUT2D eigenvalue weighted by Crippen LogP contribution is 2.29. The van der Waals surface area contributed by atoms with E-state index in [-0.39, 0.29) is 18.1 Å². The molecule has 3 aromatic rings. The zero-order valence-electron chi connectivity index (χ0n) is 16.2. The minimum absolute atomic E-state index is 0.102. The first-order valence-electron chi connectivity index (χ1n) is 9.35. The van der Waals surface area contributed by atoms with Crippen molar-refractivity contribution in [2.45, 2.75) is 30.6 Å². The molecule has 1 aliphatic rings. The van der Waals surface area contributed by atoms with Crippen molar-refractivity contribution in [3.05, 3.63) is 76.6 Å². The van der Waals surface area contributed by atoms with Crippen LogP contribution in [0.3, 0.4) is 0 Å². The van der Waals surface area contributed by atoms with Crippen LogP contribution in [-0.4, -0.2) is 38.6 Å². The van der Waals surface area contributed by atoms with Crippen LogP contribution in [0.4, 0.5) is 13.2 Å². The van der Waals surface area contributed by atoms with Crippen LogP contribution in [0.25, 0.3) is 0 Å². The molecule has 0 saturated heterocycles. The van der Waals surface area contributed by atoms with Gasteiger partial charge in [0.25, 0.3) is 5.91 Å². The van der Waals surface area contributed by atoms with Gasteiger partial charge in [-0.15, -0.1) is 16.9 Å². The molecule has 1 aliphatic heterocycles. The predicted molar refractivity (Wildman–Crippen MR) is 107 cm³/mol. The molecule has 1 aromatic heterocycles. The Kier molecular flexibility index (Phi) is 5.55. The normalized spacial score (nSPS) is 13.9. The van der Waals surface area contributed by atoms with E-state index in [2.05, 4.69) is 16.4 Å². The van der Waals surface area contributed by atoms with E-state index in [1.54, 1.807) is 22.7 Å². The summed E-state index contributed by atoms with van der Waals surface area (Å²) in [5.41, 5.74) is 2.27. The van der Waals surface area contributed by atoms with Crippen LogP contribution in [-0.2, 0) is 25.7 Å². The highest BCUT2D eigenvalue weighted by atomic mass is 32.2. The number of aromatic nitrogens is 3. The Morgan fingerprint density at radius 3 is 2.77 bits per heavy atom. The van der Waals surface area contributed by atoms with Crippen molar-refractivity contribution in [1.29, 1.82) is 0 Å². The predicted octanol–water partition coefficient (Wildman–Crippen LogP) is 4.27. The second-order valence-corrected chi connectivity index (χ2v) is 7.99. The summed E-state index contributed by atoms with van der Waals surface area (Å²) in [6, 6.07) is 11.3. The minimum Gasteiger partial charge on any atom is -0.333 e. The van der Waals surface area contributed by atoms with Gasteiger partial charge in [-0.2, -0.15) is 13.2 Å². The summed E-state index contributed by atoms with van der Waals surface area (Å²) in [5, 5.41) is 7.86. The number of fused-ring (bicyclic) bond motifs is 1. The summed E-state index contributed by atoms with van der Waals surface area (Å²) in [6.07, 6.45) is -0.119. The molecule has 0 spiro atoms. The number of rotatable bonds is 4. The lowest BCUT2D eigenvalue weighted by Crippen LogP contribution is -2.36. The summed E-state index contributed by atoms with van der Waals surface area (Å²) in [7, 11) is 0. The van der Waals surface area contributed by atoms with Crippen molar-refractivity contribution < 1.29 is 18.0 Å². The van der Waals surface area contributed by atoms with Crippen molar-refractivity contribution in [2.75, 3.05) is 12.8 Å². The Hall–Kier alpha value is -2.81. The third kappa shape index (κ3) is 4.35. The molecule has 9 heteroatoms. The number of amides is 1. The number of alkyl halides is 3. The maximum Gasteiger partial charge on any atom is 0.416 e. The first-order valence-corrected chi connectivity index (χ1v) is 10.6. The highest BCUT2D eigenvalue weighted by Gasteiger charge is 2.30. The van der Waals surface area contributed by atoms with E-state index in [9.17, 15) is 18.0 Å². The number of halogens is 3. The van der Waals surface area contributed by atoms with Crippen LogP contribution in [0.1, 0.15) is 32.7 Å². The summed E-state index contributed by atoms with van der Waals surface area (Å²) >= 11 is 1.69. The molecule has 0 unspecified atom stereocenters. The van der Waals surface area contributed by atoms with Gasteiger partial charge in [-0.05, 0) is 53.6 Å². The van der Waals surface area contributed by atoms with Crippen LogP contribution < -0.4 is 0 Å². The van der Waals surface area contributed by atoms with Crippen LogP contribution in [0.15, 0.2) is 53.6 Å². The van der Waals surface area contributed by atoms with Gasteiger partial charge in [-0.3, -0.25) is 4.79 Å². The Bertz CT molecular complexity index is 1080. The monoisotopic (exact) mass is 432 g/mol.